The zero-order valence-corrected chi connectivity index (χ0v) is 15.6. The van der Waals surface area contributed by atoms with Gasteiger partial charge in [-0.05, 0) is 25.0 Å². The van der Waals surface area contributed by atoms with Gasteiger partial charge in [-0.2, -0.15) is 4.31 Å². The number of carboxylic acid groups (broad SMARTS) is 1. The van der Waals surface area contributed by atoms with E-state index in [9.17, 15) is 23.1 Å². The first-order valence-electron chi connectivity index (χ1n) is 8.71. The zero-order chi connectivity index (χ0) is 19.2. The van der Waals surface area contributed by atoms with E-state index in [0.717, 1.165) is 30.0 Å². The fourth-order valence-corrected chi connectivity index (χ4v) is 4.26. The fraction of sp³-hybridized carbons (Fsp3) is 0.588. The third kappa shape index (κ3) is 5.25. The predicted molar refractivity (Wildman–Crippen MR) is 94.8 cm³/mol. The first-order valence-corrected chi connectivity index (χ1v) is 10.1. The smallest absolute Gasteiger partial charge is 0.308 e. The van der Waals surface area contributed by atoms with Crippen molar-refractivity contribution in [3.05, 3.63) is 24.5 Å². The highest BCUT2D eigenvalue weighted by Gasteiger charge is 2.31. The number of nitrogens with one attached hydrogen (secondary N) is 1. The summed E-state index contributed by atoms with van der Waals surface area (Å²) >= 11 is 0. The van der Waals surface area contributed by atoms with Crippen molar-refractivity contribution >= 4 is 21.9 Å². The van der Waals surface area contributed by atoms with Crippen LogP contribution in [-0.4, -0.2) is 54.3 Å². The number of likely N-dealkylation sites (N-methyl/N-ethyl adjacent to an activating group) is 1. The van der Waals surface area contributed by atoms with Crippen LogP contribution < -0.4 is 5.32 Å². The van der Waals surface area contributed by atoms with Crippen LogP contribution in [0.25, 0.3) is 0 Å². The Balaban J connectivity index is 2.02. The Morgan fingerprint density at radius 3 is 2.58 bits per heavy atom. The molecule has 1 saturated carbocycles. The maximum Gasteiger partial charge on any atom is 0.308 e. The van der Waals surface area contributed by atoms with Crippen molar-refractivity contribution in [2.45, 2.75) is 49.5 Å². The summed E-state index contributed by atoms with van der Waals surface area (Å²) in [6, 6.07) is 2.44. The van der Waals surface area contributed by atoms with Gasteiger partial charge in [0.15, 0.2) is 0 Å². The molecular weight excluding hydrogens is 358 g/mol. The van der Waals surface area contributed by atoms with Crippen molar-refractivity contribution in [3.63, 3.8) is 0 Å². The topological polar surface area (TPSA) is 117 Å². The summed E-state index contributed by atoms with van der Waals surface area (Å²) in [7, 11) is -2.51. The lowest BCUT2D eigenvalue weighted by Crippen LogP contribution is -2.47. The molecule has 8 nitrogen and oxygen atoms in total. The average Bonchev–Trinajstić information content (AvgIpc) is 2.57. The molecule has 0 aliphatic heterocycles. The van der Waals surface area contributed by atoms with Gasteiger partial charge in [-0.1, -0.05) is 25.7 Å². The Morgan fingerprint density at radius 1 is 1.27 bits per heavy atom. The summed E-state index contributed by atoms with van der Waals surface area (Å²) in [5, 5.41) is 12.2. The van der Waals surface area contributed by atoms with Crippen LogP contribution in [-0.2, 0) is 19.6 Å². The van der Waals surface area contributed by atoms with E-state index in [0.29, 0.717) is 12.8 Å². The van der Waals surface area contributed by atoms with E-state index in [-0.39, 0.29) is 11.4 Å². The zero-order valence-electron chi connectivity index (χ0n) is 14.8. The van der Waals surface area contributed by atoms with Gasteiger partial charge in [-0.25, -0.2) is 8.42 Å². The largest absolute Gasteiger partial charge is 0.481 e. The molecule has 1 aromatic rings. The standard InChI is InChI=1S/C17H25N3O5S/c1-20(26(24,25)13-7-6-10-18-11-13)12-16(21)19-15-9-5-3-2-4-8-14(15)17(22)23/h6-7,10-11,14-15H,2-5,8-9,12H2,1H3,(H,19,21)(H,22,23). The van der Waals surface area contributed by atoms with Gasteiger partial charge in [-0.15, -0.1) is 0 Å². The predicted octanol–water partition coefficient (Wildman–Crippen LogP) is 1.24. The van der Waals surface area contributed by atoms with Gasteiger partial charge in [0.1, 0.15) is 4.90 Å². The Kier molecular flexibility index (Phi) is 7.10. The summed E-state index contributed by atoms with van der Waals surface area (Å²) < 4.78 is 25.8. The maximum atomic E-state index is 12.4. The van der Waals surface area contributed by atoms with Crippen LogP contribution in [0, 0.1) is 5.92 Å². The number of sulfonamides is 1. The number of hydrogen-bond acceptors (Lipinski definition) is 5. The molecule has 1 aliphatic rings. The van der Waals surface area contributed by atoms with E-state index >= 15 is 0 Å². The van der Waals surface area contributed by atoms with E-state index in [2.05, 4.69) is 10.3 Å². The van der Waals surface area contributed by atoms with Crippen LogP contribution >= 0.6 is 0 Å². The second kappa shape index (κ2) is 9.09. The van der Waals surface area contributed by atoms with Gasteiger partial charge in [-0.3, -0.25) is 14.6 Å². The number of hydrogen-bond donors (Lipinski definition) is 2. The van der Waals surface area contributed by atoms with E-state index in [4.69, 9.17) is 0 Å². The van der Waals surface area contributed by atoms with Crippen LogP contribution in [0.3, 0.4) is 0 Å². The molecule has 2 unspecified atom stereocenters. The molecule has 26 heavy (non-hydrogen) atoms. The number of rotatable bonds is 6. The molecule has 1 heterocycles. The SMILES string of the molecule is CN(CC(=O)NC1CCCCCCC1C(=O)O)S(=O)(=O)c1cccnc1. The van der Waals surface area contributed by atoms with E-state index in [1.165, 1.54) is 31.6 Å². The lowest BCUT2D eigenvalue weighted by Gasteiger charge is -2.28. The van der Waals surface area contributed by atoms with Crippen molar-refractivity contribution in [1.82, 2.24) is 14.6 Å². The molecule has 1 amide bonds. The van der Waals surface area contributed by atoms with Crippen molar-refractivity contribution < 1.29 is 23.1 Å². The van der Waals surface area contributed by atoms with Crippen molar-refractivity contribution in [2.24, 2.45) is 5.92 Å². The average molecular weight is 383 g/mol. The van der Waals surface area contributed by atoms with Crippen LogP contribution in [0.2, 0.25) is 0 Å². The van der Waals surface area contributed by atoms with Crippen molar-refractivity contribution in [3.8, 4) is 0 Å². The molecule has 2 atom stereocenters. The second-order valence-corrected chi connectivity index (χ2v) is 8.60. The summed E-state index contributed by atoms with van der Waals surface area (Å²) in [6.07, 6.45) is 7.46. The molecule has 2 rings (SSSR count). The Hall–Kier alpha value is -2.00. The molecular formula is C17H25N3O5S. The van der Waals surface area contributed by atoms with Gasteiger partial charge in [0.2, 0.25) is 15.9 Å². The first-order chi connectivity index (χ1) is 12.3. The summed E-state index contributed by atoms with van der Waals surface area (Å²) in [4.78, 5) is 27.6. The second-order valence-electron chi connectivity index (χ2n) is 6.56. The number of aliphatic carboxylic acids is 1. The van der Waals surface area contributed by atoms with Crippen molar-refractivity contribution in [2.75, 3.05) is 13.6 Å². The highest BCUT2D eigenvalue weighted by atomic mass is 32.2. The number of aromatic nitrogens is 1. The minimum atomic E-state index is -3.82. The Morgan fingerprint density at radius 2 is 1.96 bits per heavy atom. The Labute approximate surface area is 153 Å². The highest BCUT2D eigenvalue weighted by Crippen LogP contribution is 2.23. The first kappa shape index (κ1) is 20.3. The number of pyridine rings is 1. The monoisotopic (exact) mass is 383 g/mol. The lowest BCUT2D eigenvalue weighted by molar-refractivity contribution is -0.143. The van der Waals surface area contributed by atoms with Crippen LogP contribution in [0.1, 0.15) is 38.5 Å². The minimum Gasteiger partial charge on any atom is -0.481 e. The number of nitrogens with zero attached hydrogens (tertiary/aromatic N) is 2. The van der Waals surface area contributed by atoms with Gasteiger partial charge < -0.3 is 10.4 Å². The molecule has 0 saturated heterocycles. The third-order valence-electron chi connectivity index (χ3n) is 4.64. The maximum absolute atomic E-state index is 12.4. The molecule has 144 valence electrons. The minimum absolute atomic E-state index is 0.00432. The van der Waals surface area contributed by atoms with Crippen LogP contribution in [0.15, 0.2) is 29.4 Å². The third-order valence-corrected chi connectivity index (χ3v) is 6.43. The van der Waals surface area contributed by atoms with Crippen LogP contribution in [0.5, 0.6) is 0 Å². The molecule has 9 heteroatoms. The van der Waals surface area contributed by atoms with Gasteiger partial charge in [0.05, 0.1) is 12.5 Å². The molecule has 0 bridgehead atoms. The molecule has 0 radical (unpaired) electrons. The Bertz CT molecular complexity index is 723. The number of carbonyl (C=O) groups is 2. The van der Waals surface area contributed by atoms with Gasteiger partial charge in [0, 0.05) is 25.5 Å². The van der Waals surface area contributed by atoms with E-state index in [1.54, 1.807) is 0 Å². The quantitative estimate of drug-likeness (QED) is 0.763. The molecule has 0 spiro atoms. The number of amides is 1. The molecule has 1 aliphatic carbocycles. The molecule has 1 fully saturated rings. The van der Waals surface area contributed by atoms with Gasteiger partial charge >= 0.3 is 5.97 Å². The molecule has 2 N–H and O–H groups in total. The van der Waals surface area contributed by atoms with Crippen molar-refractivity contribution in [1.29, 1.82) is 0 Å². The fourth-order valence-electron chi connectivity index (χ4n) is 3.17. The summed E-state index contributed by atoms with van der Waals surface area (Å²) in [6.45, 7) is -0.375. The van der Waals surface area contributed by atoms with Crippen LogP contribution in [0.4, 0.5) is 0 Å². The number of carboxylic acids is 1. The molecule has 1 aromatic heterocycles. The highest BCUT2D eigenvalue weighted by molar-refractivity contribution is 7.89. The lowest BCUT2D eigenvalue weighted by atomic mass is 9.87. The summed E-state index contributed by atoms with van der Waals surface area (Å²) in [5.41, 5.74) is 0. The van der Waals surface area contributed by atoms with E-state index in [1.807, 2.05) is 0 Å². The molecule has 0 aromatic carbocycles. The normalized spacial score (nSPS) is 21.6. The number of carbonyl (C=O) groups excluding carboxylic acids is 1. The van der Waals surface area contributed by atoms with Gasteiger partial charge in [0.25, 0.3) is 0 Å². The summed E-state index contributed by atoms with van der Waals surface area (Å²) in [5.74, 6) is -2.06. The van der Waals surface area contributed by atoms with E-state index < -0.39 is 33.9 Å².